The van der Waals surface area contributed by atoms with E-state index < -0.39 is 0 Å². The van der Waals surface area contributed by atoms with Crippen LogP contribution in [0.3, 0.4) is 0 Å². The monoisotopic (exact) mass is 342 g/mol. The molecule has 0 bridgehead atoms. The van der Waals surface area contributed by atoms with Crippen molar-refractivity contribution in [3.63, 3.8) is 0 Å². The molecule has 0 aliphatic heterocycles. The molecule has 3 aliphatic rings. The first-order chi connectivity index (χ1) is 12.0. The summed E-state index contributed by atoms with van der Waals surface area (Å²) in [6.45, 7) is 4.40. The van der Waals surface area contributed by atoms with Crippen molar-refractivity contribution in [1.82, 2.24) is 0 Å². The van der Waals surface area contributed by atoms with Gasteiger partial charge in [0.05, 0.1) is 0 Å². The van der Waals surface area contributed by atoms with Crippen molar-refractivity contribution in [1.29, 1.82) is 0 Å². The molecule has 2 fully saturated rings. The first-order valence-corrected chi connectivity index (χ1v) is 9.43. The Kier molecular flexibility index (Phi) is 4.09. The van der Waals surface area contributed by atoms with Gasteiger partial charge < -0.3 is 9.47 Å². The van der Waals surface area contributed by atoms with E-state index in [9.17, 15) is 9.59 Å². The molecule has 0 spiro atoms. The lowest BCUT2D eigenvalue weighted by molar-refractivity contribution is -0.142. The minimum atomic E-state index is -0.269. The first-order valence-electron chi connectivity index (χ1n) is 9.43. The van der Waals surface area contributed by atoms with Crippen LogP contribution in [0.1, 0.15) is 63.0 Å². The number of aryl methyl sites for hydroxylation is 1. The summed E-state index contributed by atoms with van der Waals surface area (Å²) >= 11 is 0. The normalized spacial score (nSPS) is 35.9. The van der Waals surface area contributed by atoms with Gasteiger partial charge in [-0.1, -0.05) is 13.0 Å². The third-order valence-electron chi connectivity index (χ3n) is 7.09. The van der Waals surface area contributed by atoms with E-state index in [0.717, 1.165) is 32.1 Å². The first kappa shape index (κ1) is 16.6. The van der Waals surface area contributed by atoms with Crippen LogP contribution < -0.4 is 4.74 Å². The topological polar surface area (TPSA) is 52.6 Å². The number of fused-ring (bicyclic) bond motifs is 5. The van der Waals surface area contributed by atoms with Gasteiger partial charge in [-0.05, 0) is 79.5 Å². The summed E-state index contributed by atoms with van der Waals surface area (Å²) < 4.78 is 10.7. The minimum absolute atomic E-state index is 0.0867. The summed E-state index contributed by atoms with van der Waals surface area (Å²) in [6, 6.07) is 6.15. The van der Waals surface area contributed by atoms with Crippen LogP contribution in [0.2, 0.25) is 0 Å². The van der Waals surface area contributed by atoms with Crippen LogP contribution in [-0.2, 0) is 20.7 Å². The molecule has 0 saturated heterocycles. The van der Waals surface area contributed by atoms with Crippen LogP contribution in [-0.4, -0.2) is 18.5 Å². The zero-order valence-corrected chi connectivity index (χ0v) is 15.0. The Morgan fingerprint density at radius 3 is 2.84 bits per heavy atom. The van der Waals surface area contributed by atoms with E-state index in [0.29, 0.717) is 30.0 Å². The van der Waals surface area contributed by atoms with Crippen LogP contribution in [0, 0.1) is 17.3 Å². The van der Waals surface area contributed by atoms with Crippen molar-refractivity contribution in [2.45, 2.75) is 64.4 Å². The van der Waals surface area contributed by atoms with Gasteiger partial charge in [-0.15, -0.1) is 0 Å². The van der Waals surface area contributed by atoms with Crippen LogP contribution in [0.25, 0.3) is 0 Å². The average molecular weight is 342 g/mol. The van der Waals surface area contributed by atoms with Crippen molar-refractivity contribution in [2.75, 3.05) is 0 Å². The van der Waals surface area contributed by atoms with E-state index >= 15 is 0 Å². The van der Waals surface area contributed by atoms with Gasteiger partial charge in [0.2, 0.25) is 0 Å². The fraction of sp³-hybridized carbons (Fsp3) is 0.619. The number of hydrogen-bond acceptors (Lipinski definition) is 4. The molecule has 1 aromatic rings. The second kappa shape index (κ2) is 6.15. The lowest BCUT2D eigenvalue weighted by Gasteiger charge is -2.50. The predicted molar refractivity (Wildman–Crippen MR) is 93.3 cm³/mol. The number of carbonyl (C=O) groups excluding carboxylic acids is 2. The summed E-state index contributed by atoms with van der Waals surface area (Å²) in [5.74, 6) is 2.28. The standard InChI is InChI=1S/C21H26O4/c1-13(23)25-15-4-6-16-14(11-15)3-5-18-17(16)9-10-21(2)19(18)7-8-20(21)24-12-22/h4,6,11-12,17-20H,3,5,7-10H2,1-2H3. The molecule has 134 valence electrons. The van der Waals surface area contributed by atoms with E-state index in [1.165, 1.54) is 24.5 Å². The van der Waals surface area contributed by atoms with Crippen LogP contribution >= 0.6 is 0 Å². The Hall–Kier alpha value is -1.84. The second-order valence-corrected chi connectivity index (χ2v) is 8.21. The maximum atomic E-state index is 11.2. The Morgan fingerprint density at radius 2 is 2.08 bits per heavy atom. The van der Waals surface area contributed by atoms with Crippen molar-refractivity contribution in [3.05, 3.63) is 29.3 Å². The van der Waals surface area contributed by atoms with Crippen molar-refractivity contribution < 1.29 is 19.1 Å². The molecule has 4 nitrogen and oxygen atoms in total. The Bertz CT molecular complexity index is 697. The van der Waals surface area contributed by atoms with E-state index in [-0.39, 0.29) is 17.5 Å². The molecular formula is C21H26O4. The van der Waals surface area contributed by atoms with Gasteiger partial charge in [-0.2, -0.15) is 0 Å². The highest BCUT2D eigenvalue weighted by Gasteiger charge is 2.55. The van der Waals surface area contributed by atoms with Crippen LogP contribution in [0.5, 0.6) is 5.75 Å². The minimum Gasteiger partial charge on any atom is -0.464 e. The smallest absolute Gasteiger partial charge is 0.308 e. The van der Waals surface area contributed by atoms with E-state index in [1.54, 1.807) is 0 Å². The maximum absolute atomic E-state index is 11.2. The van der Waals surface area contributed by atoms with Crippen LogP contribution in [0.4, 0.5) is 0 Å². The molecule has 0 N–H and O–H groups in total. The van der Waals surface area contributed by atoms with Gasteiger partial charge in [0.15, 0.2) is 0 Å². The Balaban J connectivity index is 1.60. The SMILES string of the molecule is CC(=O)Oc1ccc2c(c1)CCC1C2CCC2(C)C(OC=O)CCC12. The Morgan fingerprint density at radius 1 is 1.24 bits per heavy atom. The molecule has 4 heteroatoms. The molecule has 25 heavy (non-hydrogen) atoms. The number of carbonyl (C=O) groups is 2. The van der Waals surface area contributed by atoms with E-state index in [1.807, 2.05) is 12.1 Å². The van der Waals surface area contributed by atoms with Gasteiger partial charge in [-0.3, -0.25) is 9.59 Å². The second-order valence-electron chi connectivity index (χ2n) is 8.21. The van der Waals surface area contributed by atoms with Crippen LogP contribution in [0.15, 0.2) is 18.2 Å². The summed E-state index contributed by atoms with van der Waals surface area (Å²) in [4.78, 5) is 22.1. The Labute approximate surface area is 148 Å². The zero-order valence-electron chi connectivity index (χ0n) is 15.0. The molecule has 0 amide bonds. The highest BCUT2D eigenvalue weighted by Crippen LogP contribution is 2.61. The third kappa shape index (κ3) is 2.66. The van der Waals surface area contributed by atoms with Crippen molar-refractivity contribution in [3.8, 4) is 5.75 Å². The summed E-state index contributed by atoms with van der Waals surface area (Å²) in [5, 5.41) is 0. The molecule has 5 unspecified atom stereocenters. The number of ether oxygens (including phenoxy) is 2. The number of benzene rings is 1. The molecule has 1 aromatic carbocycles. The number of rotatable bonds is 3. The van der Waals surface area contributed by atoms with Crippen molar-refractivity contribution >= 4 is 12.4 Å². The average Bonchev–Trinajstić information content (AvgIpc) is 2.91. The van der Waals surface area contributed by atoms with Gasteiger partial charge in [0, 0.05) is 12.3 Å². The largest absolute Gasteiger partial charge is 0.464 e. The molecular weight excluding hydrogens is 316 g/mol. The summed E-state index contributed by atoms with van der Waals surface area (Å²) in [5.41, 5.74) is 2.91. The molecule has 5 atom stereocenters. The van der Waals surface area contributed by atoms with Crippen molar-refractivity contribution in [2.24, 2.45) is 17.3 Å². The number of esters is 1. The fourth-order valence-corrected chi connectivity index (χ4v) is 6.03. The molecule has 4 rings (SSSR count). The van der Waals surface area contributed by atoms with Gasteiger partial charge in [0.25, 0.3) is 6.47 Å². The molecule has 3 aliphatic carbocycles. The van der Waals surface area contributed by atoms with Gasteiger partial charge >= 0.3 is 5.97 Å². The lowest BCUT2D eigenvalue weighted by atomic mass is 9.55. The lowest BCUT2D eigenvalue weighted by Crippen LogP contribution is -2.44. The maximum Gasteiger partial charge on any atom is 0.308 e. The highest BCUT2D eigenvalue weighted by atomic mass is 16.5. The molecule has 0 aromatic heterocycles. The fourth-order valence-electron chi connectivity index (χ4n) is 6.03. The molecule has 0 radical (unpaired) electrons. The van der Waals surface area contributed by atoms with Gasteiger partial charge in [-0.25, -0.2) is 0 Å². The molecule has 0 heterocycles. The summed E-state index contributed by atoms with van der Waals surface area (Å²) in [7, 11) is 0. The summed E-state index contributed by atoms with van der Waals surface area (Å²) in [6.07, 6.45) is 6.73. The van der Waals surface area contributed by atoms with Gasteiger partial charge in [0.1, 0.15) is 11.9 Å². The zero-order chi connectivity index (χ0) is 17.6. The third-order valence-corrected chi connectivity index (χ3v) is 7.09. The predicted octanol–water partition coefficient (Wildman–Crippen LogP) is 4.01. The highest BCUT2D eigenvalue weighted by molar-refractivity contribution is 5.69. The van der Waals surface area contributed by atoms with E-state index in [2.05, 4.69) is 13.0 Å². The van der Waals surface area contributed by atoms with E-state index in [4.69, 9.17) is 9.47 Å². The molecule has 2 saturated carbocycles. The quantitative estimate of drug-likeness (QED) is 0.473. The number of hydrogen-bond donors (Lipinski definition) is 0.